The van der Waals surface area contributed by atoms with E-state index in [4.69, 9.17) is 9.47 Å². The molecule has 0 aromatic heterocycles. The van der Waals surface area contributed by atoms with Crippen molar-refractivity contribution in [3.8, 4) is 0 Å². The first kappa shape index (κ1) is 13.8. The number of nitrogens with one attached hydrogen (secondary N) is 1. The van der Waals surface area contributed by atoms with Gasteiger partial charge in [0.05, 0.1) is 18.3 Å². The Labute approximate surface area is 115 Å². The van der Waals surface area contributed by atoms with Crippen LogP contribution in [-0.4, -0.2) is 48.7 Å². The molecule has 3 rings (SSSR count). The molecule has 0 radical (unpaired) electrons. The summed E-state index contributed by atoms with van der Waals surface area (Å²) in [5.41, 5.74) is -0.0361. The largest absolute Gasteiger partial charge is 0.392 e. The van der Waals surface area contributed by atoms with Gasteiger partial charge in [0, 0.05) is 31.7 Å². The monoisotopic (exact) mass is 269 g/mol. The molecule has 2 aliphatic heterocycles. The quantitative estimate of drug-likeness (QED) is 0.748. The maximum absolute atomic E-state index is 10.2. The van der Waals surface area contributed by atoms with Crippen LogP contribution >= 0.6 is 0 Å². The van der Waals surface area contributed by atoms with E-state index >= 15 is 0 Å². The molecule has 2 saturated heterocycles. The normalized spacial score (nSPS) is 44.4. The van der Waals surface area contributed by atoms with E-state index in [-0.39, 0.29) is 17.7 Å². The van der Waals surface area contributed by atoms with Crippen molar-refractivity contribution in [2.45, 2.75) is 75.2 Å². The molecule has 0 aromatic rings. The van der Waals surface area contributed by atoms with Crippen molar-refractivity contribution in [1.82, 2.24) is 5.32 Å². The molecule has 2 heterocycles. The van der Waals surface area contributed by atoms with Gasteiger partial charge < -0.3 is 19.9 Å². The zero-order valence-electron chi connectivity index (χ0n) is 11.8. The second-order valence-corrected chi connectivity index (χ2v) is 6.50. The molecule has 3 fully saturated rings. The minimum absolute atomic E-state index is 0.0361. The van der Waals surface area contributed by atoms with Crippen LogP contribution in [0.5, 0.6) is 0 Å². The van der Waals surface area contributed by atoms with Gasteiger partial charge in [0.25, 0.3) is 0 Å². The van der Waals surface area contributed by atoms with Crippen LogP contribution in [0.15, 0.2) is 0 Å². The van der Waals surface area contributed by atoms with Gasteiger partial charge in [0.1, 0.15) is 0 Å². The van der Waals surface area contributed by atoms with Crippen LogP contribution in [0, 0.1) is 0 Å². The van der Waals surface area contributed by atoms with Crippen molar-refractivity contribution >= 4 is 0 Å². The number of hydrogen-bond acceptors (Lipinski definition) is 4. The van der Waals surface area contributed by atoms with Crippen LogP contribution in [0.4, 0.5) is 0 Å². The van der Waals surface area contributed by atoms with Gasteiger partial charge in [-0.05, 0) is 25.7 Å². The maximum atomic E-state index is 10.2. The minimum atomic E-state index is -0.166. The summed E-state index contributed by atoms with van der Waals surface area (Å²) in [6.45, 7) is 2.40. The summed E-state index contributed by atoms with van der Waals surface area (Å²) in [6, 6.07) is 0.762. The highest BCUT2D eigenvalue weighted by molar-refractivity contribution is 4.94. The van der Waals surface area contributed by atoms with Gasteiger partial charge in [0.15, 0.2) is 0 Å². The third-order valence-corrected chi connectivity index (χ3v) is 4.99. The Balaban J connectivity index is 1.56. The van der Waals surface area contributed by atoms with E-state index in [0.717, 1.165) is 51.9 Å². The van der Waals surface area contributed by atoms with E-state index in [2.05, 4.69) is 5.32 Å². The van der Waals surface area contributed by atoms with E-state index in [1.54, 1.807) is 0 Å². The molecule has 0 amide bonds. The molecule has 4 heteroatoms. The average molecular weight is 269 g/mol. The van der Waals surface area contributed by atoms with Crippen LogP contribution in [0.2, 0.25) is 0 Å². The lowest BCUT2D eigenvalue weighted by Crippen LogP contribution is -2.52. The molecule has 19 heavy (non-hydrogen) atoms. The van der Waals surface area contributed by atoms with Crippen LogP contribution in [0.3, 0.4) is 0 Å². The first-order chi connectivity index (χ1) is 9.27. The third-order valence-electron chi connectivity index (χ3n) is 4.99. The Morgan fingerprint density at radius 2 is 1.95 bits per heavy atom. The van der Waals surface area contributed by atoms with E-state index in [1.165, 1.54) is 19.3 Å². The van der Waals surface area contributed by atoms with Gasteiger partial charge in [-0.2, -0.15) is 0 Å². The average Bonchev–Trinajstić information content (AvgIpc) is 2.75. The van der Waals surface area contributed by atoms with E-state index in [0.29, 0.717) is 6.04 Å². The smallest absolute Gasteiger partial charge is 0.0951 e. The highest BCUT2D eigenvalue weighted by Gasteiger charge is 2.41. The van der Waals surface area contributed by atoms with Crippen molar-refractivity contribution in [1.29, 1.82) is 0 Å². The number of ether oxygens (including phenoxy) is 2. The molecule has 1 saturated carbocycles. The van der Waals surface area contributed by atoms with Crippen molar-refractivity contribution in [2.24, 2.45) is 0 Å². The molecule has 1 aliphatic carbocycles. The van der Waals surface area contributed by atoms with Crippen LogP contribution in [0.1, 0.15) is 51.4 Å². The van der Waals surface area contributed by atoms with Gasteiger partial charge in [-0.15, -0.1) is 0 Å². The molecule has 4 atom stereocenters. The molecular weight excluding hydrogens is 242 g/mol. The Kier molecular flexibility index (Phi) is 4.42. The Morgan fingerprint density at radius 3 is 2.79 bits per heavy atom. The van der Waals surface area contributed by atoms with Gasteiger partial charge in [-0.1, -0.05) is 19.3 Å². The molecule has 1 spiro atoms. The van der Waals surface area contributed by atoms with Gasteiger partial charge in [-0.25, -0.2) is 0 Å². The molecule has 0 bridgehead atoms. The fourth-order valence-electron chi connectivity index (χ4n) is 3.82. The van der Waals surface area contributed by atoms with Crippen LogP contribution in [0.25, 0.3) is 0 Å². The third kappa shape index (κ3) is 3.30. The second kappa shape index (κ2) is 6.08. The highest BCUT2D eigenvalue weighted by Crippen LogP contribution is 2.33. The summed E-state index contributed by atoms with van der Waals surface area (Å²) < 4.78 is 11.5. The summed E-state index contributed by atoms with van der Waals surface area (Å²) in [4.78, 5) is 0. The molecule has 110 valence electrons. The predicted molar refractivity (Wildman–Crippen MR) is 73.2 cm³/mol. The zero-order chi connectivity index (χ0) is 13.1. The van der Waals surface area contributed by atoms with Gasteiger partial charge >= 0.3 is 0 Å². The van der Waals surface area contributed by atoms with Crippen molar-refractivity contribution in [3.05, 3.63) is 0 Å². The van der Waals surface area contributed by atoms with Crippen LogP contribution < -0.4 is 5.32 Å². The fourth-order valence-corrected chi connectivity index (χ4v) is 3.82. The maximum Gasteiger partial charge on any atom is 0.0951 e. The number of aliphatic hydroxyl groups excluding tert-OH is 1. The van der Waals surface area contributed by atoms with Gasteiger partial charge in [0.2, 0.25) is 0 Å². The molecule has 4 unspecified atom stereocenters. The minimum Gasteiger partial charge on any atom is -0.392 e. The summed E-state index contributed by atoms with van der Waals surface area (Å²) in [7, 11) is 0. The summed E-state index contributed by atoms with van der Waals surface area (Å²) in [6.07, 6.45) is 8.70. The molecule has 0 aromatic carbocycles. The summed E-state index contributed by atoms with van der Waals surface area (Å²) in [5, 5.41) is 13.9. The van der Waals surface area contributed by atoms with Crippen molar-refractivity contribution in [3.63, 3.8) is 0 Å². The second-order valence-electron chi connectivity index (χ2n) is 6.50. The topological polar surface area (TPSA) is 50.7 Å². The predicted octanol–water partition coefficient (Wildman–Crippen LogP) is 1.61. The molecular formula is C15H27NO3. The first-order valence-corrected chi connectivity index (χ1v) is 7.93. The Hall–Kier alpha value is -0.160. The van der Waals surface area contributed by atoms with Crippen LogP contribution in [-0.2, 0) is 9.47 Å². The lowest BCUT2D eigenvalue weighted by molar-refractivity contribution is -0.0919. The van der Waals surface area contributed by atoms with Crippen molar-refractivity contribution < 1.29 is 14.6 Å². The first-order valence-electron chi connectivity index (χ1n) is 7.93. The summed E-state index contributed by atoms with van der Waals surface area (Å²) in [5.74, 6) is 0. The molecule has 3 aliphatic rings. The lowest BCUT2D eigenvalue weighted by Gasteiger charge is -2.39. The fraction of sp³-hybridized carbons (Fsp3) is 1.00. The van der Waals surface area contributed by atoms with E-state index in [9.17, 15) is 5.11 Å². The lowest BCUT2D eigenvalue weighted by atomic mass is 9.88. The Morgan fingerprint density at radius 1 is 1.05 bits per heavy atom. The standard InChI is InChI=1S/C15H27NO3/c17-14-5-3-1-2-4-13(14)16-12-6-8-19-15(10-12)7-9-18-11-15/h12-14,16-17H,1-11H2. The van der Waals surface area contributed by atoms with E-state index in [1.807, 2.05) is 0 Å². The van der Waals surface area contributed by atoms with Gasteiger partial charge in [-0.3, -0.25) is 0 Å². The highest BCUT2D eigenvalue weighted by atomic mass is 16.6. The van der Waals surface area contributed by atoms with Crippen molar-refractivity contribution in [2.75, 3.05) is 19.8 Å². The number of aliphatic hydroxyl groups is 1. The Bertz CT molecular complexity index is 291. The number of rotatable bonds is 2. The SMILES string of the molecule is OC1CCCCCC1NC1CCOC2(CCOC2)C1. The zero-order valence-corrected chi connectivity index (χ0v) is 11.8. The molecule has 4 nitrogen and oxygen atoms in total. The summed E-state index contributed by atoms with van der Waals surface area (Å²) >= 11 is 0. The molecule has 2 N–H and O–H groups in total. The number of hydrogen-bond donors (Lipinski definition) is 2. The van der Waals surface area contributed by atoms with E-state index < -0.39 is 0 Å².